The molecule has 0 spiro atoms. The smallest absolute Gasteiger partial charge is 0.223 e. The number of amides is 1. The molecule has 0 atom stereocenters. The SMILES string of the molecule is O=C(NC1CCC(Oc2cc(N3CCOCC3)cc3ncncc23)CC1)C1CC1. The minimum atomic E-state index is 0.160. The fourth-order valence-corrected chi connectivity index (χ4v) is 4.31. The van der Waals surface area contributed by atoms with E-state index in [-0.39, 0.29) is 17.9 Å². The molecule has 0 unspecified atom stereocenters. The monoisotopic (exact) mass is 396 g/mol. The van der Waals surface area contributed by atoms with E-state index in [9.17, 15) is 4.79 Å². The summed E-state index contributed by atoms with van der Waals surface area (Å²) in [6.45, 7) is 3.24. The Morgan fingerprint density at radius 3 is 2.66 bits per heavy atom. The molecule has 0 bridgehead atoms. The molecule has 29 heavy (non-hydrogen) atoms. The van der Waals surface area contributed by atoms with Crippen molar-refractivity contribution >= 4 is 22.5 Å². The molecule has 1 N–H and O–H groups in total. The highest BCUT2D eigenvalue weighted by Gasteiger charge is 2.32. The number of carbonyl (C=O) groups is 1. The molecule has 1 aliphatic heterocycles. The van der Waals surface area contributed by atoms with Crippen molar-refractivity contribution in [3.63, 3.8) is 0 Å². The van der Waals surface area contributed by atoms with Gasteiger partial charge in [-0.1, -0.05) is 0 Å². The standard InChI is InChI=1S/C22H28N4O3/c27-22(15-1-2-15)25-16-3-5-18(6-4-16)29-21-12-17(26-7-9-28-10-8-26)11-20-19(21)13-23-14-24-20/h11-16,18H,1-10H2,(H,25,27). The van der Waals surface area contributed by atoms with Crippen LogP contribution in [-0.2, 0) is 9.53 Å². The largest absolute Gasteiger partial charge is 0.490 e. The van der Waals surface area contributed by atoms with Gasteiger partial charge in [0, 0.05) is 43.0 Å². The molecular formula is C22H28N4O3. The summed E-state index contributed by atoms with van der Waals surface area (Å²) < 4.78 is 12.0. The number of fused-ring (bicyclic) bond motifs is 1. The Hall–Kier alpha value is -2.41. The van der Waals surface area contributed by atoms with Crippen molar-refractivity contribution in [3.8, 4) is 5.75 Å². The lowest BCUT2D eigenvalue weighted by Crippen LogP contribution is -2.40. The molecule has 1 saturated heterocycles. The Labute approximate surface area is 170 Å². The second-order valence-corrected chi connectivity index (χ2v) is 8.37. The van der Waals surface area contributed by atoms with E-state index >= 15 is 0 Å². The Balaban J connectivity index is 1.28. The lowest BCUT2D eigenvalue weighted by molar-refractivity contribution is -0.123. The van der Waals surface area contributed by atoms with Crippen LogP contribution in [0.15, 0.2) is 24.7 Å². The fraction of sp³-hybridized carbons (Fsp3) is 0.591. The Morgan fingerprint density at radius 2 is 1.90 bits per heavy atom. The van der Waals surface area contributed by atoms with Gasteiger partial charge in [-0.25, -0.2) is 9.97 Å². The molecular weight excluding hydrogens is 368 g/mol. The normalized spacial score (nSPS) is 25.0. The first kappa shape index (κ1) is 18.6. The lowest BCUT2D eigenvalue weighted by atomic mass is 9.92. The minimum absolute atomic E-state index is 0.160. The van der Waals surface area contributed by atoms with E-state index in [1.807, 2.05) is 6.20 Å². The van der Waals surface area contributed by atoms with E-state index in [2.05, 4.69) is 32.3 Å². The summed E-state index contributed by atoms with van der Waals surface area (Å²) >= 11 is 0. The highest BCUT2D eigenvalue weighted by molar-refractivity contribution is 5.88. The number of hydrogen-bond acceptors (Lipinski definition) is 6. The maximum absolute atomic E-state index is 12.0. The molecule has 5 rings (SSSR count). The summed E-state index contributed by atoms with van der Waals surface area (Å²) in [4.78, 5) is 23.0. The number of morpholine rings is 1. The van der Waals surface area contributed by atoms with Crippen molar-refractivity contribution in [1.29, 1.82) is 0 Å². The molecule has 154 valence electrons. The molecule has 2 aliphatic carbocycles. The Kier molecular flexibility index (Phi) is 5.23. The number of rotatable bonds is 5. The van der Waals surface area contributed by atoms with Gasteiger partial charge in [0.1, 0.15) is 12.1 Å². The zero-order valence-electron chi connectivity index (χ0n) is 16.7. The molecule has 1 aromatic heterocycles. The number of nitrogens with one attached hydrogen (secondary N) is 1. The third-order valence-corrected chi connectivity index (χ3v) is 6.21. The van der Waals surface area contributed by atoms with E-state index in [0.29, 0.717) is 6.04 Å². The van der Waals surface area contributed by atoms with Gasteiger partial charge in [-0.15, -0.1) is 0 Å². The minimum Gasteiger partial charge on any atom is -0.490 e. The van der Waals surface area contributed by atoms with E-state index in [0.717, 1.165) is 87.2 Å². The van der Waals surface area contributed by atoms with Crippen LogP contribution >= 0.6 is 0 Å². The topological polar surface area (TPSA) is 76.6 Å². The summed E-state index contributed by atoms with van der Waals surface area (Å²) in [6.07, 6.45) is 9.54. The van der Waals surface area contributed by atoms with Crippen molar-refractivity contribution in [2.75, 3.05) is 31.2 Å². The van der Waals surface area contributed by atoms with Crippen LogP contribution in [-0.4, -0.2) is 54.3 Å². The van der Waals surface area contributed by atoms with Gasteiger partial charge in [0.05, 0.1) is 30.2 Å². The molecule has 3 fully saturated rings. The quantitative estimate of drug-likeness (QED) is 0.837. The van der Waals surface area contributed by atoms with Gasteiger partial charge < -0.3 is 19.7 Å². The van der Waals surface area contributed by atoms with Crippen molar-refractivity contribution in [3.05, 3.63) is 24.7 Å². The van der Waals surface area contributed by atoms with Gasteiger partial charge in [-0.3, -0.25) is 4.79 Å². The molecule has 1 aromatic carbocycles. The maximum Gasteiger partial charge on any atom is 0.223 e. The van der Waals surface area contributed by atoms with Gasteiger partial charge in [0.2, 0.25) is 5.91 Å². The summed E-state index contributed by atoms with van der Waals surface area (Å²) in [5.41, 5.74) is 2.03. The van der Waals surface area contributed by atoms with E-state index in [4.69, 9.17) is 9.47 Å². The number of aromatic nitrogens is 2. The number of ether oxygens (including phenoxy) is 2. The molecule has 2 heterocycles. The van der Waals surface area contributed by atoms with Crippen LogP contribution in [0.2, 0.25) is 0 Å². The van der Waals surface area contributed by atoms with Crippen LogP contribution in [0.5, 0.6) is 5.75 Å². The van der Waals surface area contributed by atoms with Gasteiger partial charge in [0.25, 0.3) is 0 Å². The molecule has 0 radical (unpaired) electrons. The Morgan fingerprint density at radius 1 is 1.10 bits per heavy atom. The number of benzene rings is 1. The first-order chi connectivity index (χ1) is 14.3. The van der Waals surface area contributed by atoms with Crippen molar-refractivity contribution in [1.82, 2.24) is 15.3 Å². The predicted octanol–water partition coefficient (Wildman–Crippen LogP) is 2.68. The zero-order chi connectivity index (χ0) is 19.6. The van der Waals surface area contributed by atoms with Gasteiger partial charge in [-0.2, -0.15) is 0 Å². The summed E-state index contributed by atoms with van der Waals surface area (Å²) in [5.74, 6) is 1.38. The van der Waals surface area contributed by atoms with Crippen molar-refractivity contribution < 1.29 is 14.3 Å². The van der Waals surface area contributed by atoms with Crippen LogP contribution in [0.4, 0.5) is 5.69 Å². The molecule has 7 heteroatoms. The van der Waals surface area contributed by atoms with Gasteiger partial charge in [-0.05, 0) is 44.6 Å². The first-order valence-corrected chi connectivity index (χ1v) is 10.8. The number of anilines is 1. The lowest BCUT2D eigenvalue weighted by Gasteiger charge is -2.31. The summed E-state index contributed by atoms with van der Waals surface area (Å²) in [6, 6.07) is 4.53. The second-order valence-electron chi connectivity index (χ2n) is 8.37. The van der Waals surface area contributed by atoms with E-state index in [1.165, 1.54) is 0 Å². The highest BCUT2D eigenvalue weighted by atomic mass is 16.5. The van der Waals surface area contributed by atoms with Crippen LogP contribution in [0, 0.1) is 5.92 Å². The van der Waals surface area contributed by atoms with Crippen LogP contribution in [0.1, 0.15) is 38.5 Å². The maximum atomic E-state index is 12.0. The van der Waals surface area contributed by atoms with Crippen molar-refractivity contribution in [2.24, 2.45) is 5.92 Å². The first-order valence-electron chi connectivity index (χ1n) is 10.8. The number of nitrogens with zero attached hydrogens (tertiary/aromatic N) is 3. The van der Waals surface area contributed by atoms with Crippen LogP contribution in [0.3, 0.4) is 0 Å². The van der Waals surface area contributed by atoms with E-state index < -0.39 is 0 Å². The second kappa shape index (κ2) is 8.14. The average molecular weight is 396 g/mol. The van der Waals surface area contributed by atoms with Gasteiger partial charge in [0.15, 0.2) is 0 Å². The molecule has 1 amide bonds. The third kappa shape index (κ3) is 4.29. The predicted molar refractivity (Wildman–Crippen MR) is 110 cm³/mol. The van der Waals surface area contributed by atoms with Crippen LogP contribution in [0.25, 0.3) is 10.9 Å². The van der Waals surface area contributed by atoms with E-state index in [1.54, 1.807) is 6.33 Å². The molecule has 7 nitrogen and oxygen atoms in total. The van der Waals surface area contributed by atoms with Gasteiger partial charge >= 0.3 is 0 Å². The highest BCUT2D eigenvalue weighted by Crippen LogP contribution is 2.34. The zero-order valence-corrected chi connectivity index (χ0v) is 16.7. The molecule has 3 aliphatic rings. The number of carbonyl (C=O) groups excluding carboxylic acids is 1. The number of hydrogen-bond donors (Lipinski definition) is 1. The fourth-order valence-electron chi connectivity index (χ4n) is 4.31. The van der Waals surface area contributed by atoms with Crippen molar-refractivity contribution in [2.45, 2.75) is 50.7 Å². The third-order valence-electron chi connectivity index (χ3n) is 6.21. The Bertz CT molecular complexity index is 871. The average Bonchev–Trinajstić information content (AvgIpc) is 3.61. The molecule has 2 aromatic rings. The van der Waals surface area contributed by atoms with Crippen LogP contribution < -0.4 is 15.0 Å². The summed E-state index contributed by atoms with van der Waals surface area (Å²) in [7, 11) is 0. The summed E-state index contributed by atoms with van der Waals surface area (Å²) in [5, 5.41) is 4.17. The molecule has 2 saturated carbocycles.